The molecule has 1 aliphatic heterocycles. The zero-order valence-corrected chi connectivity index (χ0v) is 18.6. The first-order chi connectivity index (χ1) is 15.1. The first-order valence-corrected chi connectivity index (χ1v) is 11.2. The van der Waals surface area contributed by atoms with Crippen LogP contribution >= 0.6 is 24.0 Å². The van der Waals surface area contributed by atoms with Gasteiger partial charge in [0.05, 0.1) is 29.6 Å². The second-order valence-corrected chi connectivity index (χ2v) is 8.65. The third kappa shape index (κ3) is 4.46. The van der Waals surface area contributed by atoms with Gasteiger partial charge >= 0.3 is 0 Å². The van der Waals surface area contributed by atoms with Crippen LogP contribution in [-0.2, 0) is 11.3 Å². The SMILES string of the molecule is CCN1C(=O)/C(=C\c2cn(CCC#N)nc2-c2ccc(-c3ccccc3)cc2)SC1=S. The summed E-state index contributed by atoms with van der Waals surface area (Å²) in [6.45, 7) is 2.96. The Labute approximate surface area is 191 Å². The van der Waals surface area contributed by atoms with E-state index in [-0.39, 0.29) is 5.91 Å². The quantitative estimate of drug-likeness (QED) is 0.379. The van der Waals surface area contributed by atoms with Crippen molar-refractivity contribution in [2.45, 2.75) is 19.9 Å². The van der Waals surface area contributed by atoms with Crippen LogP contribution in [0, 0.1) is 11.3 Å². The lowest BCUT2D eigenvalue weighted by Gasteiger charge is -2.09. The van der Waals surface area contributed by atoms with Gasteiger partial charge in [-0.1, -0.05) is 78.6 Å². The van der Waals surface area contributed by atoms with E-state index in [2.05, 4.69) is 30.3 Å². The molecule has 1 aliphatic rings. The van der Waals surface area contributed by atoms with Crippen LogP contribution < -0.4 is 0 Å². The van der Waals surface area contributed by atoms with Crippen molar-refractivity contribution >= 4 is 40.3 Å². The van der Waals surface area contributed by atoms with Crippen LogP contribution in [-0.4, -0.2) is 31.5 Å². The molecule has 4 rings (SSSR count). The number of thiocarbonyl (C=S) groups is 1. The minimum atomic E-state index is -0.0762. The smallest absolute Gasteiger partial charge is 0.266 e. The highest BCUT2D eigenvalue weighted by molar-refractivity contribution is 8.26. The van der Waals surface area contributed by atoms with Crippen LogP contribution in [0.3, 0.4) is 0 Å². The predicted octanol–water partition coefficient (Wildman–Crippen LogP) is 5.35. The maximum Gasteiger partial charge on any atom is 0.266 e. The Morgan fingerprint density at radius 1 is 1.10 bits per heavy atom. The summed E-state index contributed by atoms with van der Waals surface area (Å²) in [5, 5.41) is 13.6. The van der Waals surface area contributed by atoms with Gasteiger partial charge in [-0.15, -0.1) is 0 Å². The summed E-state index contributed by atoms with van der Waals surface area (Å²) in [6, 6.07) is 20.5. The zero-order chi connectivity index (χ0) is 21.8. The van der Waals surface area contributed by atoms with Crippen LogP contribution in [0.5, 0.6) is 0 Å². The summed E-state index contributed by atoms with van der Waals surface area (Å²) in [6.07, 6.45) is 4.10. The third-order valence-electron chi connectivity index (χ3n) is 4.98. The lowest BCUT2D eigenvalue weighted by molar-refractivity contribution is -0.121. The molecule has 0 saturated carbocycles. The number of likely N-dealkylation sites (N-methyl/N-ethyl adjacent to an activating group) is 1. The van der Waals surface area contributed by atoms with E-state index in [4.69, 9.17) is 22.6 Å². The van der Waals surface area contributed by atoms with Crippen molar-refractivity contribution < 1.29 is 4.79 Å². The van der Waals surface area contributed by atoms with Crippen LogP contribution in [0.1, 0.15) is 18.9 Å². The molecule has 5 nitrogen and oxygen atoms in total. The molecule has 2 aromatic carbocycles. The van der Waals surface area contributed by atoms with Gasteiger partial charge in [0.2, 0.25) is 0 Å². The van der Waals surface area contributed by atoms with Crippen molar-refractivity contribution in [1.29, 1.82) is 5.26 Å². The fourth-order valence-electron chi connectivity index (χ4n) is 3.41. The van der Waals surface area contributed by atoms with E-state index in [9.17, 15) is 4.79 Å². The van der Waals surface area contributed by atoms with Crippen molar-refractivity contribution in [3.63, 3.8) is 0 Å². The number of aromatic nitrogens is 2. The summed E-state index contributed by atoms with van der Waals surface area (Å²) < 4.78 is 2.33. The maximum absolute atomic E-state index is 12.7. The molecule has 1 fully saturated rings. The fraction of sp³-hybridized carbons (Fsp3) is 0.167. The average Bonchev–Trinajstić information content (AvgIpc) is 3.32. The number of nitriles is 1. The maximum atomic E-state index is 12.7. The second kappa shape index (κ2) is 9.29. The first-order valence-electron chi connectivity index (χ1n) is 9.96. The highest BCUT2D eigenvalue weighted by atomic mass is 32.2. The Bertz CT molecular complexity index is 1190. The standard InChI is InChI=1S/C24H20N4OS2/c1-2-28-23(29)21(31-24(28)30)15-20-16-27(14-6-13-25)26-22(20)19-11-9-18(10-12-19)17-7-4-3-5-8-17/h3-5,7-12,15-16H,2,6,14H2,1H3/b21-15+. The van der Waals surface area contributed by atoms with E-state index in [1.165, 1.54) is 11.8 Å². The molecule has 31 heavy (non-hydrogen) atoms. The zero-order valence-electron chi connectivity index (χ0n) is 17.0. The number of rotatable bonds is 6. The summed E-state index contributed by atoms with van der Waals surface area (Å²) in [5.41, 5.74) is 4.84. The normalized spacial score (nSPS) is 15.0. The largest absolute Gasteiger partial charge is 0.293 e. The van der Waals surface area contributed by atoms with Crippen molar-refractivity contribution in [2.24, 2.45) is 0 Å². The molecule has 0 N–H and O–H groups in total. The lowest BCUT2D eigenvalue weighted by atomic mass is 10.0. The Morgan fingerprint density at radius 2 is 1.77 bits per heavy atom. The van der Waals surface area contributed by atoms with Crippen molar-refractivity contribution in [3.8, 4) is 28.5 Å². The van der Waals surface area contributed by atoms with Gasteiger partial charge in [-0.2, -0.15) is 10.4 Å². The molecular weight excluding hydrogens is 424 g/mol. The van der Waals surface area contributed by atoms with Crippen LogP contribution in [0.4, 0.5) is 0 Å². The molecule has 1 amide bonds. The summed E-state index contributed by atoms with van der Waals surface area (Å²) in [4.78, 5) is 14.8. The van der Waals surface area contributed by atoms with Gasteiger partial charge in [-0.05, 0) is 24.1 Å². The molecule has 0 radical (unpaired) electrons. The molecule has 3 aromatic rings. The van der Waals surface area contributed by atoms with Gasteiger partial charge in [-0.3, -0.25) is 14.4 Å². The number of carbonyl (C=O) groups is 1. The number of hydrogen-bond donors (Lipinski definition) is 0. The van der Waals surface area contributed by atoms with E-state index in [0.717, 1.165) is 27.9 Å². The van der Waals surface area contributed by atoms with Gasteiger partial charge in [0.25, 0.3) is 5.91 Å². The van der Waals surface area contributed by atoms with E-state index in [1.54, 1.807) is 9.58 Å². The van der Waals surface area contributed by atoms with E-state index in [0.29, 0.717) is 28.7 Å². The van der Waals surface area contributed by atoms with Gasteiger partial charge in [0, 0.05) is 23.9 Å². The molecule has 2 heterocycles. The number of nitrogens with zero attached hydrogens (tertiary/aromatic N) is 4. The number of aryl methyl sites for hydroxylation is 1. The van der Waals surface area contributed by atoms with E-state index >= 15 is 0 Å². The molecule has 7 heteroatoms. The third-order valence-corrected chi connectivity index (χ3v) is 6.36. The van der Waals surface area contributed by atoms with E-state index < -0.39 is 0 Å². The van der Waals surface area contributed by atoms with Crippen molar-refractivity contribution in [1.82, 2.24) is 14.7 Å². The number of benzene rings is 2. The molecule has 0 spiro atoms. The topological polar surface area (TPSA) is 61.9 Å². The molecule has 0 atom stereocenters. The van der Waals surface area contributed by atoms with Crippen LogP contribution in [0.15, 0.2) is 65.7 Å². The van der Waals surface area contributed by atoms with Gasteiger partial charge in [0.1, 0.15) is 4.32 Å². The Kier molecular flexibility index (Phi) is 6.31. The molecule has 154 valence electrons. The number of amides is 1. The monoisotopic (exact) mass is 444 g/mol. The van der Waals surface area contributed by atoms with E-state index in [1.807, 2.05) is 49.5 Å². The number of hydrogen-bond acceptors (Lipinski definition) is 5. The molecule has 1 saturated heterocycles. The summed E-state index contributed by atoms with van der Waals surface area (Å²) >= 11 is 6.64. The second-order valence-electron chi connectivity index (χ2n) is 6.97. The Hall–Kier alpha value is -3.21. The fourth-order valence-corrected chi connectivity index (χ4v) is 4.79. The van der Waals surface area contributed by atoms with Crippen LogP contribution in [0.2, 0.25) is 0 Å². The van der Waals surface area contributed by atoms with Crippen LogP contribution in [0.25, 0.3) is 28.5 Å². The molecule has 0 bridgehead atoms. The first kappa shape index (κ1) is 21.0. The number of thioether (sulfide) groups is 1. The number of carbonyl (C=O) groups excluding carboxylic acids is 1. The molecule has 1 aromatic heterocycles. The minimum Gasteiger partial charge on any atom is -0.293 e. The highest BCUT2D eigenvalue weighted by Crippen LogP contribution is 2.34. The molecular formula is C24H20N4OS2. The summed E-state index contributed by atoms with van der Waals surface area (Å²) in [5.74, 6) is -0.0762. The highest BCUT2D eigenvalue weighted by Gasteiger charge is 2.31. The van der Waals surface area contributed by atoms with Gasteiger partial charge in [0.15, 0.2) is 0 Å². The Balaban J connectivity index is 1.71. The predicted molar refractivity (Wildman–Crippen MR) is 129 cm³/mol. The molecule has 0 unspecified atom stereocenters. The summed E-state index contributed by atoms with van der Waals surface area (Å²) in [7, 11) is 0. The minimum absolute atomic E-state index is 0.0762. The van der Waals surface area contributed by atoms with Crippen molar-refractivity contribution in [2.75, 3.05) is 6.54 Å². The lowest BCUT2D eigenvalue weighted by Crippen LogP contribution is -2.27. The Morgan fingerprint density at radius 3 is 2.42 bits per heavy atom. The van der Waals surface area contributed by atoms with Gasteiger partial charge < -0.3 is 0 Å². The average molecular weight is 445 g/mol. The van der Waals surface area contributed by atoms with Crippen molar-refractivity contribution in [3.05, 3.63) is 71.3 Å². The van der Waals surface area contributed by atoms with Gasteiger partial charge in [-0.25, -0.2) is 0 Å². The molecule has 0 aliphatic carbocycles.